The quantitative estimate of drug-likeness (QED) is 0.268. The van der Waals surface area contributed by atoms with Gasteiger partial charge >= 0.3 is 0 Å². The standard InChI is InChI=1S/C18H29S3/c1-2-3-4-5-6-7-8-9-10-11-14-21-18-13-12-16(19)15-17(18)20/h12-13H,2-11,14-15H2,1H3. The number of rotatable bonds is 12. The number of unbranched alkanes of at least 4 members (excludes halogenated alkanes) is 9. The molecule has 3 heteroatoms. The summed E-state index contributed by atoms with van der Waals surface area (Å²) < 4.78 is 0. The monoisotopic (exact) mass is 341 g/mol. The zero-order chi connectivity index (χ0) is 15.3. The smallest absolute Gasteiger partial charge is 0.0340 e. The van der Waals surface area contributed by atoms with E-state index >= 15 is 0 Å². The van der Waals surface area contributed by atoms with Crippen LogP contribution < -0.4 is 0 Å². The van der Waals surface area contributed by atoms with Crippen LogP contribution in [0.5, 0.6) is 0 Å². The van der Waals surface area contributed by atoms with Gasteiger partial charge in [-0.25, -0.2) is 0 Å². The summed E-state index contributed by atoms with van der Waals surface area (Å²) >= 11 is 12.5. The first kappa shape index (κ1) is 19.2. The first-order valence-corrected chi connectivity index (χ1v) is 10.3. The Morgan fingerprint density at radius 1 is 0.905 bits per heavy atom. The lowest BCUT2D eigenvalue weighted by molar-refractivity contribution is 0.563. The Bertz CT molecular complexity index is 355. The molecule has 0 spiro atoms. The lowest BCUT2D eigenvalue weighted by Crippen LogP contribution is -1.97. The van der Waals surface area contributed by atoms with Crippen LogP contribution in [-0.4, -0.2) is 10.6 Å². The van der Waals surface area contributed by atoms with Gasteiger partial charge in [-0.1, -0.05) is 89.6 Å². The highest BCUT2D eigenvalue weighted by atomic mass is 32.2. The van der Waals surface area contributed by atoms with Crippen molar-refractivity contribution in [2.24, 2.45) is 0 Å². The number of hydrogen-bond acceptors (Lipinski definition) is 2. The lowest BCUT2D eigenvalue weighted by atomic mass is 10.1. The molecule has 119 valence electrons. The molecule has 1 aliphatic rings. The van der Waals surface area contributed by atoms with Gasteiger partial charge < -0.3 is 0 Å². The molecule has 0 N–H and O–H groups in total. The highest BCUT2D eigenvalue weighted by Crippen LogP contribution is 2.30. The second-order valence-corrected chi connectivity index (χ2v) is 7.95. The third-order valence-electron chi connectivity index (χ3n) is 3.79. The van der Waals surface area contributed by atoms with Gasteiger partial charge in [-0.15, -0.1) is 11.8 Å². The minimum Gasteiger partial charge on any atom is -0.125 e. The molecule has 1 radical (unpaired) electrons. The Balaban J connectivity index is 1.90. The molecule has 0 aliphatic heterocycles. The van der Waals surface area contributed by atoms with Gasteiger partial charge in [0.1, 0.15) is 0 Å². The molecule has 1 rings (SSSR count). The fraction of sp³-hybridized carbons (Fsp3) is 0.722. The first-order chi connectivity index (χ1) is 10.2. The SMILES string of the molecule is CCCCCCCCCCCCSC1=C([S])CC(=S)C=C1. The fourth-order valence-electron chi connectivity index (χ4n) is 2.47. The van der Waals surface area contributed by atoms with Crippen LogP contribution >= 0.6 is 36.6 Å². The summed E-state index contributed by atoms with van der Waals surface area (Å²) in [5.74, 6) is 1.20. The van der Waals surface area contributed by atoms with Gasteiger partial charge in [0.2, 0.25) is 0 Å². The largest absolute Gasteiger partial charge is 0.125 e. The first-order valence-electron chi connectivity index (χ1n) is 8.48. The molecule has 0 saturated heterocycles. The van der Waals surface area contributed by atoms with Gasteiger partial charge in [-0.3, -0.25) is 0 Å². The zero-order valence-corrected chi connectivity index (χ0v) is 15.8. The van der Waals surface area contributed by atoms with Crippen molar-refractivity contribution in [1.29, 1.82) is 0 Å². The van der Waals surface area contributed by atoms with Crippen molar-refractivity contribution in [3.8, 4) is 0 Å². The molecule has 0 fully saturated rings. The van der Waals surface area contributed by atoms with E-state index in [4.69, 9.17) is 24.8 Å². The summed E-state index contributed by atoms with van der Waals surface area (Å²) in [6, 6.07) is 0. The summed E-state index contributed by atoms with van der Waals surface area (Å²) in [4.78, 5) is 3.29. The van der Waals surface area contributed by atoms with Crippen molar-refractivity contribution < 1.29 is 0 Å². The average Bonchev–Trinajstić information content (AvgIpc) is 2.46. The number of thiocarbonyl (C=S) groups is 1. The fourth-order valence-corrected chi connectivity index (χ4v) is 4.14. The summed E-state index contributed by atoms with van der Waals surface area (Å²) in [5, 5.41) is 0. The van der Waals surface area contributed by atoms with Crippen molar-refractivity contribution in [1.82, 2.24) is 0 Å². The molecule has 0 aromatic rings. The van der Waals surface area contributed by atoms with E-state index in [2.05, 4.69) is 13.0 Å². The maximum atomic E-state index is 5.39. The highest BCUT2D eigenvalue weighted by Gasteiger charge is 2.09. The van der Waals surface area contributed by atoms with E-state index in [0.29, 0.717) is 0 Å². The molecule has 0 amide bonds. The summed E-state index contributed by atoms with van der Waals surface area (Å²) in [6.45, 7) is 2.28. The van der Waals surface area contributed by atoms with Crippen LogP contribution in [-0.2, 0) is 0 Å². The molecular weight excluding hydrogens is 312 g/mol. The minimum atomic E-state index is 0.807. The predicted molar refractivity (Wildman–Crippen MR) is 105 cm³/mol. The second-order valence-electron chi connectivity index (χ2n) is 5.79. The van der Waals surface area contributed by atoms with Gasteiger partial charge in [0.25, 0.3) is 0 Å². The summed E-state index contributed by atoms with van der Waals surface area (Å²) in [5.41, 5.74) is 0. The molecule has 0 saturated carbocycles. The molecule has 0 bridgehead atoms. The lowest BCUT2D eigenvalue weighted by Gasteiger charge is -2.10. The van der Waals surface area contributed by atoms with Crippen molar-refractivity contribution >= 4 is 41.5 Å². The van der Waals surface area contributed by atoms with Crippen LogP contribution in [0.25, 0.3) is 0 Å². The van der Waals surface area contributed by atoms with Crippen molar-refractivity contribution in [3.63, 3.8) is 0 Å². The zero-order valence-electron chi connectivity index (χ0n) is 13.4. The molecule has 0 unspecified atom stereocenters. The van der Waals surface area contributed by atoms with E-state index < -0.39 is 0 Å². The molecule has 0 aromatic carbocycles. The van der Waals surface area contributed by atoms with Crippen molar-refractivity contribution in [2.45, 2.75) is 77.6 Å². The van der Waals surface area contributed by atoms with E-state index in [1.54, 1.807) is 0 Å². The maximum absolute atomic E-state index is 5.39. The van der Waals surface area contributed by atoms with Crippen LogP contribution in [0.1, 0.15) is 77.6 Å². The molecular formula is C18H29S3. The second kappa shape index (κ2) is 12.7. The summed E-state index contributed by atoms with van der Waals surface area (Å²) in [6.07, 6.45) is 18.9. The van der Waals surface area contributed by atoms with Gasteiger partial charge in [0.15, 0.2) is 0 Å². The Labute approximate surface area is 146 Å². The molecule has 0 aromatic heterocycles. The summed E-state index contributed by atoms with van der Waals surface area (Å²) in [7, 11) is 0. The Kier molecular flexibility index (Phi) is 11.6. The maximum Gasteiger partial charge on any atom is 0.0340 e. The minimum absolute atomic E-state index is 0.807. The van der Waals surface area contributed by atoms with Crippen LogP contribution in [0.15, 0.2) is 22.0 Å². The molecule has 21 heavy (non-hydrogen) atoms. The third-order valence-corrected chi connectivity index (χ3v) is 5.75. The van der Waals surface area contributed by atoms with Gasteiger partial charge in [0.05, 0.1) is 0 Å². The normalized spacial score (nSPS) is 15.0. The number of allylic oxidation sites excluding steroid dienone is 3. The van der Waals surface area contributed by atoms with E-state index in [0.717, 1.165) is 16.2 Å². The third kappa shape index (κ3) is 9.70. The van der Waals surface area contributed by atoms with Gasteiger partial charge in [-0.2, -0.15) is 0 Å². The topological polar surface area (TPSA) is 0 Å². The van der Waals surface area contributed by atoms with Gasteiger partial charge in [0, 0.05) is 21.1 Å². The Morgan fingerprint density at radius 2 is 1.48 bits per heavy atom. The van der Waals surface area contributed by atoms with E-state index in [9.17, 15) is 0 Å². The van der Waals surface area contributed by atoms with Crippen LogP contribution in [0.3, 0.4) is 0 Å². The highest BCUT2D eigenvalue weighted by molar-refractivity contribution is 8.04. The van der Waals surface area contributed by atoms with Crippen LogP contribution in [0.2, 0.25) is 0 Å². The van der Waals surface area contributed by atoms with Gasteiger partial charge in [-0.05, 0) is 24.3 Å². The number of thioether (sulfide) groups is 1. The van der Waals surface area contributed by atoms with E-state index in [1.807, 2.05) is 17.8 Å². The Morgan fingerprint density at radius 3 is 2.05 bits per heavy atom. The average molecular weight is 342 g/mol. The molecule has 0 heterocycles. The molecule has 0 nitrogen and oxygen atoms in total. The predicted octanol–water partition coefficient (Wildman–Crippen LogP) is 7.38. The van der Waals surface area contributed by atoms with E-state index in [-0.39, 0.29) is 0 Å². The van der Waals surface area contributed by atoms with Crippen molar-refractivity contribution in [3.05, 3.63) is 22.0 Å². The molecule has 1 aliphatic carbocycles. The molecule has 0 atom stereocenters. The Hall–Kier alpha value is 0.140. The van der Waals surface area contributed by atoms with E-state index in [1.165, 1.54) is 74.9 Å². The van der Waals surface area contributed by atoms with Crippen molar-refractivity contribution in [2.75, 3.05) is 5.75 Å². The van der Waals surface area contributed by atoms with Crippen LogP contribution in [0.4, 0.5) is 0 Å². The number of hydrogen-bond donors (Lipinski definition) is 0. The van der Waals surface area contributed by atoms with Crippen LogP contribution in [0, 0.1) is 0 Å².